The van der Waals surface area contributed by atoms with Gasteiger partial charge < -0.3 is 10.4 Å². The van der Waals surface area contributed by atoms with Gasteiger partial charge >= 0.3 is 5.97 Å². The number of hydrogen-bond donors (Lipinski definition) is 2. The van der Waals surface area contributed by atoms with E-state index < -0.39 is 5.97 Å². The van der Waals surface area contributed by atoms with Crippen LogP contribution in [0.3, 0.4) is 0 Å². The van der Waals surface area contributed by atoms with Crippen molar-refractivity contribution in [3.8, 4) is 10.7 Å². The van der Waals surface area contributed by atoms with Crippen molar-refractivity contribution >= 4 is 34.9 Å². The molecule has 1 aromatic carbocycles. The molecule has 0 unspecified atom stereocenters. The molecule has 6 heteroatoms. The van der Waals surface area contributed by atoms with Gasteiger partial charge in [0.05, 0.1) is 10.4 Å². The average molecular weight is 408 g/mol. The van der Waals surface area contributed by atoms with Crippen LogP contribution in [0.4, 0.5) is 11.5 Å². The summed E-state index contributed by atoms with van der Waals surface area (Å²) in [4.78, 5) is 21.6. The molecule has 0 saturated heterocycles. The van der Waals surface area contributed by atoms with E-state index in [0.29, 0.717) is 5.82 Å². The monoisotopic (exact) mass is 407 g/mol. The number of benzene rings is 1. The predicted octanol–water partition coefficient (Wildman–Crippen LogP) is 6.33. The van der Waals surface area contributed by atoms with Gasteiger partial charge in [0, 0.05) is 16.9 Å². The summed E-state index contributed by atoms with van der Waals surface area (Å²) in [5, 5.41) is 14.5. The SMILES string of the molecule is CCCC=Cc1csc(-c2nc(C)c(CC)c(Nc3ccc(C(=O)O)cc3)n2)c1. The van der Waals surface area contributed by atoms with E-state index in [9.17, 15) is 4.79 Å². The summed E-state index contributed by atoms with van der Waals surface area (Å²) in [5.41, 5.74) is 4.21. The first-order valence-corrected chi connectivity index (χ1v) is 10.6. The van der Waals surface area contributed by atoms with E-state index in [4.69, 9.17) is 15.1 Å². The number of aromatic carboxylic acids is 1. The number of aryl methyl sites for hydroxylation is 1. The first kappa shape index (κ1) is 20.7. The number of aromatic nitrogens is 2. The molecule has 0 radical (unpaired) electrons. The van der Waals surface area contributed by atoms with Crippen LogP contribution in [0, 0.1) is 6.92 Å². The Hall–Kier alpha value is -2.99. The fourth-order valence-corrected chi connectivity index (χ4v) is 3.82. The first-order chi connectivity index (χ1) is 14.0. The fourth-order valence-electron chi connectivity index (χ4n) is 3.01. The lowest BCUT2D eigenvalue weighted by atomic mass is 10.1. The topological polar surface area (TPSA) is 75.1 Å². The maximum absolute atomic E-state index is 11.1. The highest BCUT2D eigenvalue weighted by Crippen LogP contribution is 2.30. The van der Waals surface area contributed by atoms with Crippen LogP contribution >= 0.6 is 11.3 Å². The van der Waals surface area contributed by atoms with Crippen LogP contribution < -0.4 is 5.32 Å². The van der Waals surface area contributed by atoms with Gasteiger partial charge in [-0.25, -0.2) is 14.8 Å². The average Bonchev–Trinajstić information content (AvgIpc) is 3.17. The second kappa shape index (κ2) is 9.47. The van der Waals surface area contributed by atoms with E-state index in [1.54, 1.807) is 35.6 Å². The second-order valence-corrected chi connectivity index (χ2v) is 7.67. The quantitative estimate of drug-likeness (QED) is 0.456. The molecule has 2 aromatic heterocycles. The summed E-state index contributed by atoms with van der Waals surface area (Å²) >= 11 is 1.63. The molecule has 2 heterocycles. The van der Waals surface area contributed by atoms with E-state index in [2.05, 4.69) is 42.8 Å². The van der Waals surface area contributed by atoms with E-state index in [0.717, 1.165) is 52.5 Å². The molecule has 0 aliphatic rings. The van der Waals surface area contributed by atoms with Gasteiger partial charge in [-0.05, 0) is 61.0 Å². The molecule has 5 nitrogen and oxygen atoms in total. The number of carbonyl (C=O) groups is 1. The molecule has 0 bridgehead atoms. The Labute approximate surface area is 175 Å². The number of unbranched alkanes of at least 4 members (excludes halogenated alkanes) is 1. The van der Waals surface area contributed by atoms with Gasteiger partial charge in [-0.1, -0.05) is 32.4 Å². The van der Waals surface area contributed by atoms with Gasteiger partial charge in [0.2, 0.25) is 0 Å². The molecular weight excluding hydrogens is 382 g/mol. The van der Waals surface area contributed by atoms with Crippen LogP contribution in [0.2, 0.25) is 0 Å². The number of nitrogens with one attached hydrogen (secondary N) is 1. The van der Waals surface area contributed by atoms with Crippen LogP contribution in [-0.2, 0) is 6.42 Å². The second-order valence-electron chi connectivity index (χ2n) is 6.76. The molecule has 0 fully saturated rings. The molecule has 0 spiro atoms. The van der Waals surface area contributed by atoms with Crippen molar-refractivity contribution in [2.75, 3.05) is 5.32 Å². The molecule has 150 valence electrons. The maximum Gasteiger partial charge on any atom is 0.335 e. The molecule has 29 heavy (non-hydrogen) atoms. The molecule has 0 saturated carbocycles. The lowest BCUT2D eigenvalue weighted by molar-refractivity contribution is 0.0697. The van der Waals surface area contributed by atoms with E-state index in [-0.39, 0.29) is 5.56 Å². The Kier molecular flexibility index (Phi) is 6.77. The Bertz CT molecular complexity index is 1020. The Morgan fingerprint density at radius 2 is 1.97 bits per heavy atom. The van der Waals surface area contributed by atoms with E-state index in [1.165, 1.54) is 0 Å². The normalized spacial score (nSPS) is 11.1. The minimum absolute atomic E-state index is 0.257. The van der Waals surface area contributed by atoms with Gasteiger partial charge in [0.15, 0.2) is 5.82 Å². The highest BCUT2D eigenvalue weighted by atomic mass is 32.1. The van der Waals surface area contributed by atoms with Crippen LogP contribution in [-0.4, -0.2) is 21.0 Å². The highest BCUT2D eigenvalue weighted by molar-refractivity contribution is 7.13. The van der Waals surface area contributed by atoms with Gasteiger partial charge in [0.25, 0.3) is 0 Å². The number of carboxylic acid groups (broad SMARTS) is 1. The minimum Gasteiger partial charge on any atom is -0.478 e. The largest absolute Gasteiger partial charge is 0.478 e. The Balaban J connectivity index is 1.91. The van der Waals surface area contributed by atoms with Crippen molar-refractivity contribution in [3.05, 3.63) is 64.2 Å². The number of rotatable bonds is 8. The number of hydrogen-bond acceptors (Lipinski definition) is 5. The number of thiophene rings is 1. The molecular formula is C23H25N3O2S. The molecule has 3 aromatic rings. The summed E-state index contributed by atoms with van der Waals surface area (Å²) < 4.78 is 0. The summed E-state index contributed by atoms with van der Waals surface area (Å²) in [6, 6.07) is 8.78. The van der Waals surface area contributed by atoms with Gasteiger partial charge in [-0.2, -0.15) is 0 Å². The van der Waals surface area contributed by atoms with Crippen molar-refractivity contribution in [2.24, 2.45) is 0 Å². The smallest absolute Gasteiger partial charge is 0.335 e. The lowest BCUT2D eigenvalue weighted by Crippen LogP contribution is -2.05. The van der Waals surface area contributed by atoms with Gasteiger partial charge in [0.1, 0.15) is 5.82 Å². The van der Waals surface area contributed by atoms with Crippen LogP contribution in [0.1, 0.15) is 53.9 Å². The molecule has 0 amide bonds. The van der Waals surface area contributed by atoms with E-state index in [1.807, 2.05) is 6.92 Å². The van der Waals surface area contributed by atoms with Crippen molar-refractivity contribution in [1.29, 1.82) is 0 Å². The molecule has 0 aliphatic heterocycles. The van der Waals surface area contributed by atoms with Crippen molar-refractivity contribution < 1.29 is 9.90 Å². The summed E-state index contributed by atoms with van der Waals surface area (Å²) in [7, 11) is 0. The third-order valence-corrected chi connectivity index (χ3v) is 5.51. The molecule has 0 aliphatic carbocycles. The number of anilines is 2. The third kappa shape index (κ3) is 5.09. The first-order valence-electron chi connectivity index (χ1n) is 9.75. The predicted molar refractivity (Wildman–Crippen MR) is 120 cm³/mol. The number of nitrogens with zero attached hydrogens (tertiary/aromatic N) is 2. The minimum atomic E-state index is -0.938. The van der Waals surface area contributed by atoms with Crippen LogP contribution in [0.15, 0.2) is 41.8 Å². The zero-order valence-electron chi connectivity index (χ0n) is 16.9. The van der Waals surface area contributed by atoms with E-state index >= 15 is 0 Å². The molecule has 0 atom stereocenters. The number of allylic oxidation sites excluding steroid dienone is 1. The summed E-state index contributed by atoms with van der Waals surface area (Å²) in [6.45, 7) is 6.24. The standard InChI is InChI=1S/C23H25N3O2S/c1-4-6-7-8-16-13-20(29-14-16)22-24-15(3)19(5-2)21(26-22)25-18-11-9-17(10-12-18)23(27)28/h7-14H,4-6H2,1-3H3,(H,27,28)(H,24,25,26). The zero-order valence-corrected chi connectivity index (χ0v) is 17.7. The van der Waals surface area contributed by atoms with Crippen LogP contribution in [0.5, 0.6) is 0 Å². The summed E-state index contributed by atoms with van der Waals surface area (Å²) in [5.74, 6) is 0.520. The highest BCUT2D eigenvalue weighted by Gasteiger charge is 2.13. The van der Waals surface area contributed by atoms with Gasteiger partial charge in [-0.3, -0.25) is 0 Å². The maximum atomic E-state index is 11.1. The van der Waals surface area contributed by atoms with Crippen molar-refractivity contribution in [3.63, 3.8) is 0 Å². The fraction of sp³-hybridized carbons (Fsp3) is 0.261. The van der Waals surface area contributed by atoms with Crippen molar-refractivity contribution in [2.45, 2.75) is 40.0 Å². The van der Waals surface area contributed by atoms with Crippen molar-refractivity contribution in [1.82, 2.24) is 9.97 Å². The lowest BCUT2D eigenvalue weighted by Gasteiger charge is -2.13. The summed E-state index contributed by atoms with van der Waals surface area (Å²) in [6.07, 6.45) is 7.33. The Morgan fingerprint density at radius 1 is 1.21 bits per heavy atom. The Morgan fingerprint density at radius 3 is 2.62 bits per heavy atom. The molecule has 3 rings (SSSR count). The molecule has 2 N–H and O–H groups in total. The van der Waals surface area contributed by atoms with Gasteiger partial charge in [-0.15, -0.1) is 11.3 Å². The third-order valence-electron chi connectivity index (χ3n) is 4.57. The van der Waals surface area contributed by atoms with Crippen LogP contribution in [0.25, 0.3) is 16.8 Å². The zero-order chi connectivity index (χ0) is 20.8. The number of carboxylic acids is 1.